The van der Waals surface area contributed by atoms with Crippen molar-refractivity contribution in [1.82, 2.24) is 4.90 Å². The largest absolute Gasteiger partial charge is 0.444 e. The average Bonchev–Trinajstić information content (AvgIpc) is 2.62. The molecule has 4 nitrogen and oxygen atoms in total. The van der Waals surface area contributed by atoms with E-state index >= 15 is 0 Å². The number of amides is 1. The zero-order valence-electron chi connectivity index (χ0n) is 10.3. The van der Waals surface area contributed by atoms with Gasteiger partial charge in [0.2, 0.25) is 0 Å². The standard InChI is InChI=1S/C12H21NO3/c1-5-10(14)9-7-6-8-13(9)11(15)16-12(2,3)4/h5,9-10,14H,1,6-8H2,2-4H3/t9-,10-/m0/s1. The van der Waals surface area contributed by atoms with Gasteiger partial charge >= 0.3 is 6.09 Å². The van der Waals surface area contributed by atoms with Gasteiger partial charge < -0.3 is 14.7 Å². The second-order valence-corrected chi connectivity index (χ2v) is 5.11. The summed E-state index contributed by atoms with van der Waals surface area (Å²) in [7, 11) is 0. The van der Waals surface area contributed by atoms with E-state index in [2.05, 4.69) is 6.58 Å². The molecule has 0 spiro atoms. The summed E-state index contributed by atoms with van der Waals surface area (Å²) in [5.41, 5.74) is -0.497. The van der Waals surface area contributed by atoms with Crippen LogP contribution in [0, 0.1) is 0 Å². The molecule has 0 bridgehead atoms. The van der Waals surface area contributed by atoms with E-state index in [1.54, 1.807) is 4.90 Å². The van der Waals surface area contributed by atoms with Crippen LogP contribution in [0.3, 0.4) is 0 Å². The Balaban J connectivity index is 2.64. The van der Waals surface area contributed by atoms with Gasteiger partial charge in [-0.2, -0.15) is 0 Å². The van der Waals surface area contributed by atoms with E-state index in [1.165, 1.54) is 6.08 Å². The van der Waals surface area contributed by atoms with Gasteiger partial charge in [-0.3, -0.25) is 0 Å². The molecule has 1 saturated heterocycles. The summed E-state index contributed by atoms with van der Waals surface area (Å²) in [6.45, 7) is 9.69. The second-order valence-electron chi connectivity index (χ2n) is 5.11. The SMILES string of the molecule is C=C[C@H](O)[C@@H]1CCCN1C(=O)OC(C)(C)C. The Hall–Kier alpha value is -1.03. The molecule has 1 fully saturated rings. The molecule has 0 aliphatic carbocycles. The normalized spacial score (nSPS) is 23.0. The summed E-state index contributed by atoms with van der Waals surface area (Å²) < 4.78 is 5.29. The minimum Gasteiger partial charge on any atom is -0.444 e. The second kappa shape index (κ2) is 4.87. The predicted molar refractivity (Wildman–Crippen MR) is 62.2 cm³/mol. The molecule has 0 aromatic rings. The highest BCUT2D eigenvalue weighted by Gasteiger charge is 2.35. The van der Waals surface area contributed by atoms with Gasteiger partial charge in [-0.25, -0.2) is 4.79 Å². The van der Waals surface area contributed by atoms with Crippen LogP contribution >= 0.6 is 0 Å². The summed E-state index contributed by atoms with van der Waals surface area (Å²) in [6.07, 6.45) is 2.14. The third-order valence-electron chi connectivity index (χ3n) is 2.56. The zero-order valence-corrected chi connectivity index (χ0v) is 10.3. The molecule has 4 heteroatoms. The number of carbonyl (C=O) groups excluding carboxylic acids is 1. The van der Waals surface area contributed by atoms with Gasteiger partial charge in [-0.15, -0.1) is 6.58 Å². The first-order valence-corrected chi connectivity index (χ1v) is 5.65. The maximum Gasteiger partial charge on any atom is 0.410 e. The quantitative estimate of drug-likeness (QED) is 0.733. The Morgan fingerprint density at radius 3 is 2.75 bits per heavy atom. The molecule has 0 aromatic carbocycles. The molecule has 2 atom stereocenters. The summed E-state index contributed by atoms with van der Waals surface area (Å²) in [4.78, 5) is 13.4. The van der Waals surface area contributed by atoms with Gasteiger partial charge in [0.15, 0.2) is 0 Å². The van der Waals surface area contributed by atoms with Crippen LogP contribution in [0.15, 0.2) is 12.7 Å². The van der Waals surface area contributed by atoms with Crippen molar-refractivity contribution in [3.05, 3.63) is 12.7 Å². The zero-order chi connectivity index (χ0) is 12.3. The van der Waals surface area contributed by atoms with Gasteiger partial charge in [0, 0.05) is 6.54 Å². The Morgan fingerprint density at radius 1 is 1.62 bits per heavy atom. The highest BCUT2D eigenvalue weighted by molar-refractivity contribution is 5.69. The Bertz CT molecular complexity index is 270. The van der Waals surface area contributed by atoms with Crippen LogP contribution < -0.4 is 0 Å². The smallest absolute Gasteiger partial charge is 0.410 e. The molecule has 1 aliphatic heterocycles. The van der Waals surface area contributed by atoms with E-state index in [-0.39, 0.29) is 12.1 Å². The van der Waals surface area contributed by atoms with E-state index in [0.717, 1.165) is 12.8 Å². The molecule has 0 unspecified atom stereocenters. The molecule has 92 valence electrons. The van der Waals surface area contributed by atoms with Crippen LogP contribution in [0.1, 0.15) is 33.6 Å². The minimum absolute atomic E-state index is 0.188. The molecule has 1 N–H and O–H groups in total. The number of aliphatic hydroxyl groups excluding tert-OH is 1. The molecule has 1 amide bonds. The average molecular weight is 227 g/mol. The van der Waals surface area contributed by atoms with Crippen LogP contribution in [0.5, 0.6) is 0 Å². The molecule has 1 heterocycles. The molecule has 0 saturated carbocycles. The highest BCUT2D eigenvalue weighted by atomic mass is 16.6. The minimum atomic E-state index is -0.671. The third kappa shape index (κ3) is 3.23. The van der Waals surface area contributed by atoms with Crippen LogP contribution in [-0.4, -0.2) is 40.4 Å². The number of hydrogen-bond donors (Lipinski definition) is 1. The highest BCUT2D eigenvalue weighted by Crippen LogP contribution is 2.23. The van der Waals surface area contributed by atoms with E-state index in [4.69, 9.17) is 4.74 Å². The van der Waals surface area contributed by atoms with Crippen molar-refractivity contribution in [2.45, 2.75) is 51.4 Å². The third-order valence-corrected chi connectivity index (χ3v) is 2.56. The van der Waals surface area contributed by atoms with Crippen LogP contribution in [0.25, 0.3) is 0 Å². The molecule has 1 aliphatic rings. The van der Waals surface area contributed by atoms with Crippen molar-refractivity contribution < 1.29 is 14.6 Å². The van der Waals surface area contributed by atoms with Crippen molar-refractivity contribution in [3.63, 3.8) is 0 Å². The van der Waals surface area contributed by atoms with Gasteiger partial charge in [0.25, 0.3) is 0 Å². The summed E-state index contributed by atoms with van der Waals surface area (Å²) in [6, 6.07) is -0.188. The number of nitrogens with zero attached hydrogens (tertiary/aromatic N) is 1. The summed E-state index contributed by atoms with van der Waals surface area (Å²) in [5.74, 6) is 0. The first-order valence-electron chi connectivity index (χ1n) is 5.65. The van der Waals surface area contributed by atoms with Crippen LogP contribution in [-0.2, 0) is 4.74 Å². The Labute approximate surface area is 96.9 Å². The Morgan fingerprint density at radius 2 is 2.25 bits per heavy atom. The van der Waals surface area contributed by atoms with E-state index < -0.39 is 11.7 Å². The van der Waals surface area contributed by atoms with Crippen LogP contribution in [0.2, 0.25) is 0 Å². The lowest BCUT2D eigenvalue weighted by molar-refractivity contribution is 0.0114. The molecule has 1 rings (SSSR count). The van der Waals surface area contributed by atoms with Gasteiger partial charge in [0.05, 0.1) is 12.1 Å². The first-order chi connectivity index (χ1) is 7.35. The van der Waals surface area contributed by atoms with Gasteiger partial charge in [-0.05, 0) is 33.6 Å². The number of aliphatic hydroxyl groups is 1. The predicted octanol–water partition coefficient (Wildman–Crippen LogP) is 1.93. The van der Waals surface area contributed by atoms with Crippen molar-refractivity contribution >= 4 is 6.09 Å². The van der Waals surface area contributed by atoms with E-state index in [9.17, 15) is 9.90 Å². The fourth-order valence-electron chi connectivity index (χ4n) is 1.85. The molecule has 16 heavy (non-hydrogen) atoms. The monoisotopic (exact) mass is 227 g/mol. The van der Waals surface area contributed by atoms with Crippen molar-refractivity contribution in [2.75, 3.05) is 6.54 Å². The molecular weight excluding hydrogens is 206 g/mol. The Kier molecular flexibility index (Phi) is 3.97. The summed E-state index contributed by atoms with van der Waals surface area (Å²) in [5, 5.41) is 9.71. The lowest BCUT2D eigenvalue weighted by Gasteiger charge is -2.30. The fraction of sp³-hybridized carbons (Fsp3) is 0.750. The number of hydrogen-bond acceptors (Lipinski definition) is 3. The van der Waals surface area contributed by atoms with Crippen LogP contribution in [0.4, 0.5) is 4.79 Å². The lowest BCUT2D eigenvalue weighted by atomic mass is 10.1. The van der Waals surface area contributed by atoms with E-state index in [1.807, 2.05) is 20.8 Å². The molecular formula is C12H21NO3. The van der Waals surface area contributed by atoms with E-state index in [0.29, 0.717) is 6.54 Å². The van der Waals surface area contributed by atoms with Gasteiger partial charge in [0.1, 0.15) is 5.60 Å². The molecule has 0 aromatic heterocycles. The lowest BCUT2D eigenvalue weighted by Crippen LogP contribution is -2.44. The van der Waals surface area contributed by atoms with Crippen molar-refractivity contribution in [3.8, 4) is 0 Å². The summed E-state index contributed by atoms with van der Waals surface area (Å²) >= 11 is 0. The number of rotatable bonds is 2. The number of ether oxygens (including phenoxy) is 1. The van der Waals surface area contributed by atoms with Crippen molar-refractivity contribution in [2.24, 2.45) is 0 Å². The first kappa shape index (κ1) is 13.0. The number of likely N-dealkylation sites (tertiary alicyclic amines) is 1. The van der Waals surface area contributed by atoms with Gasteiger partial charge in [-0.1, -0.05) is 6.08 Å². The van der Waals surface area contributed by atoms with Crippen molar-refractivity contribution in [1.29, 1.82) is 0 Å². The number of carbonyl (C=O) groups is 1. The topological polar surface area (TPSA) is 49.8 Å². The maximum atomic E-state index is 11.9. The maximum absolute atomic E-state index is 11.9. The fourth-order valence-corrected chi connectivity index (χ4v) is 1.85. The molecule has 0 radical (unpaired) electrons.